The molecule has 1 aliphatic rings. The van der Waals surface area contributed by atoms with Crippen LogP contribution in [-0.2, 0) is 9.53 Å². The van der Waals surface area contributed by atoms with Crippen LogP contribution in [0.4, 0.5) is 0 Å². The number of rotatable bonds is 12. The van der Waals surface area contributed by atoms with Crippen LogP contribution in [0.15, 0.2) is 48.5 Å². The minimum Gasteiger partial charge on any atom is -0.494 e. The fourth-order valence-corrected chi connectivity index (χ4v) is 4.04. The summed E-state index contributed by atoms with van der Waals surface area (Å²) in [4.78, 5) is 12.3. The SMILES string of the molecule is CCCCCCCC1CC(c2ccc(-c3ccc(OCCCC)cc3)cc2)OC1=O. The largest absolute Gasteiger partial charge is 0.494 e. The Morgan fingerprint density at radius 3 is 2.13 bits per heavy atom. The second kappa shape index (κ2) is 11.8. The molecule has 3 rings (SSSR count). The molecule has 1 heterocycles. The van der Waals surface area contributed by atoms with Crippen LogP contribution in [0, 0.1) is 5.92 Å². The van der Waals surface area contributed by atoms with Crippen molar-refractivity contribution in [3.05, 3.63) is 54.1 Å². The van der Waals surface area contributed by atoms with Crippen LogP contribution in [0.5, 0.6) is 5.75 Å². The van der Waals surface area contributed by atoms with Crippen LogP contribution in [0.25, 0.3) is 11.1 Å². The molecule has 0 amide bonds. The summed E-state index contributed by atoms with van der Waals surface area (Å²) in [5.74, 6) is 0.970. The molecule has 30 heavy (non-hydrogen) atoms. The van der Waals surface area contributed by atoms with E-state index in [4.69, 9.17) is 9.47 Å². The van der Waals surface area contributed by atoms with Gasteiger partial charge in [-0.05, 0) is 41.7 Å². The molecule has 1 fully saturated rings. The Morgan fingerprint density at radius 2 is 1.47 bits per heavy atom. The normalized spacial score (nSPS) is 18.4. The van der Waals surface area contributed by atoms with Crippen LogP contribution < -0.4 is 4.74 Å². The molecule has 0 aliphatic carbocycles. The summed E-state index contributed by atoms with van der Waals surface area (Å²) in [6.45, 7) is 5.16. The number of esters is 1. The van der Waals surface area contributed by atoms with Crippen LogP contribution >= 0.6 is 0 Å². The zero-order chi connectivity index (χ0) is 21.2. The van der Waals surface area contributed by atoms with Gasteiger partial charge < -0.3 is 9.47 Å². The molecular formula is C27H36O3. The van der Waals surface area contributed by atoms with Gasteiger partial charge in [-0.15, -0.1) is 0 Å². The Kier molecular flexibility index (Phi) is 8.80. The van der Waals surface area contributed by atoms with Gasteiger partial charge in [0.05, 0.1) is 12.5 Å². The van der Waals surface area contributed by atoms with E-state index in [0.29, 0.717) is 0 Å². The number of carbonyl (C=O) groups excluding carboxylic acids is 1. The van der Waals surface area contributed by atoms with Crippen molar-refractivity contribution >= 4 is 5.97 Å². The zero-order valence-electron chi connectivity index (χ0n) is 18.6. The molecule has 2 unspecified atom stereocenters. The Hall–Kier alpha value is -2.29. The summed E-state index contributed by atoms with van der Waals surface area (Å²) < 4.78 is 11.4. The smallest absolute Gasteiger partial charge is 0.309 e. The topological polar surface area (TPSA) is 35.5 Å². The summed E-state index contributed by atoms with van der Waals surface area (Å²) in [6, 6.07) is 16.7. The maximum absolute atomic E-state index is 12.3. The van der Waals surface area contributed by atoms with Crippen molar-refractivity contribution in [1.29, 1.82) is 0 Å². The molecule has 2 aromatic rings. The maximum Gasteiger partial charge on any atom is 0.309 e. The molecule has 0 radical (unpaired) electrons. The quantitative estimate of drug-likeness (QED) is 0.269. The van der Waals surface area contributed by atoms with E-state index in [1.165, 1.54) is 25.7 Å². The van der Waals surface area contributed by atoms with Gasteiger partial charge in [-0.2, -0.15) is 0 Å². The second-order valence-electron chi connectivity index (χ2n) is 8.41. The summed E-state index contributed by atoms with van der Waals surface area (Å²) in [6.07, 6.45) is 10.1. The first-order valence-corrected chi connectivity index (χ1v) is 11.7. The number of unbranched alkanes of at least 4 members (excludes halogenated alkanes) is 5. The second-order valence-corrected chi connectivity index (χ2v) is 8.41. The fraction of sp³-hybridized carbons (Fsp3) is 0.519. The van der Waals surface area contributed by atoms with Crippen molar-refractivity contribution < 1.29 is 14.3 Å². The summed E-state index contributed by atoms with van der Waals surface area (Å²) in [7, 11) is 0. The van der Waals surface area contributed by atoms with E-state index in [-0.39, 0.29) is 18.0 Å². The van der Waals surface area contributed by atoms with Gasteiger partial charge in [0.2, 0.25) is 0 Å². The molecule has 0 bridgehead atoms. The minimum absolute atomic E-state index is 0.0155. The average molecular weight is 409 g/mol. The number of ether oxygens (including phenoxy) is 2. The molecule has 1 aliphatic heterocycles. The predicted octanol–water partition coefficient (Wildman–Crippen LogP) is 7.50. The lowest BCUT2D eigenvalue weighted by atomic mass is 9.94. The third-order valence-electron chi connectivity index (χ3n) is 5.98. The number of hydrogen-bond donors (Lipinski definition) is 0. The molecule has 0 saturated carbocycles. The Bertz CT molecular complexity index is 764. The Morgan fingerprint density at radius 1 is 0.833 bits per heavy atom. The lowest BCUT2D eigenvalue weighted by molar-refractivity contribution is -0.144. The van der Waals surface area contributed by atoms with Gasteiger partial charge >= 0.3 is 5.97 Å². The molecule has 0 N–H and O–H groups in total. The van der Waals surface area contributed by atoms with Crippen molar-refractivity contribution in [3.8, 4) is 16.9 Å². The Balaban J connectivity index is 1.52. The monoisotopic (exact) mass is 408 g/mol. The van der Waals surface area contributed by atoms with Gasteiger partial charge in [0.1, 0.15) is 11.9 Å². The number of hydrogen-bond acceptors (Lipinski definition) is 3. The third-order valence-corrected chi connectivity index (χ3v) is 5.98. The molecule has 3 heteroatoms. The lowest BCUT2D eigenvalue weighted by Crippen LogP contribution is -2.06. The van der Waals surface area contributed by atoms with E-state index in [2.05, 4.69) is 50.2 Å². The maximum atomic E-state index is 12.3. The van der Waals surface area contributed by atoms with E-state index in [0.717, 1.165) is 61.2 Å². The van der Waals surface area contributed by atoms with Crippen molar-refractivity contribution in [1.82, 2.24) is 0 Å². The van der Waals surface area contributed by atoms with Crippen molar-refractivity contribution in [3.63, 3.8) is 0 Å². The number of benzene rings is 2. The van der Waals surface area contributed by atoms with Crippen LogP contribution in [-0.4, -0.2) is 12.6 Å². The van der Waals surface area contributed by atoms with Crippen LogP contribution in [0.1, 0.15) is 83.3 Å². The number of cyclic esters (lactones) is 1. The van der Waals surface area contributed by atoms with Crippen molar-refractivity contribution in [2.24, 2.45) is 5.92 Å². The van der Waals surface area contributed by atoms with Crippen LogP contribution in [0.3, 0.4) is 0 Å². The van der Waals surface area contributed by atoms with Gasteiger partial charge in [0.25, 0.3) is 0 Å². The van der Waals surface area contributed by atoms with E-state index in [1.54, 1.807) is 0 Å². The van der Waals surface area contributed by atoms with Gasteiger partial charge in [-0.1, -0.05) is 88.8 Å². The highest BCUT2D eigenvalue weighted by Gasteiger charge is 2.34. The molecule has 2 aromatic carbocycles. The highest BCUT2D eigenvalue weighted by molar-refractivity contribution is 5.75. The molecule has 0 spiro atoms. The van der Waals surface area contributed by atoms with E-state index >= 15 is 0 Å². The molecule has 162 valence electrons. The first-order valence-electron chi connectivity index (χ1n) is 11.7. The summed E-state index contributed by atoms with van der Waals surface area (Å²) in [5.41, 5.74) is 3.42. The fourth-order valence-electron chi connectivity index (χ4n) is 4.04. The summed E-state index contributed by atoms with van der Waals surface area (Å²) >= 11 is 0. The molecule has 2 atom stereocenters. The van der Waals surface area contributed by atoms with Crippen LogP contribution in [0.2, 0.25) is 0 Å². The first kappa shape index (κ1) is 22.4. The zero-order valence-corrected chi connectivity index (χ0v) is 18.6. The molecular weight excluding hydrogens is 372 g/mol. The highest BCUT2D eigenvalue weighted by atomic mass is 16.6. The first-order chi connectivity index (χ1) is 14.7. The van der Waals surface area contributed by atoms with E-state index in [1.807, 2.05) is 12.1 Å². The highest BCUT2D eigenvalue weighted by Crippen LogP contribution is 2.36. The summed E-state index contributed by atoms with van der Waals surface area (Å²) in [5, 5.41) is 0. The molecule has 0 aromatic heterocycles. The van der Waals surface area contributed by atoms with E-state index < -0.39 is 0 Å². The standard InChI is InChI=1S/C27H36O3/c1-3-5-7-8-9-10-24-20-26(30-27(24)28)23-13-11-21(12-14-23)22-15-17-25(18-16-22)29-19-6-4-2/h11-18,24,26H,3-10,19-20H2,1-2H3. The van der Waals surface area contributed by atoms with Crippen molar-refractivity contribution in [2.75, 3.05) is 6.61 Å². The van der Waals surface area contributed by atoms with Crippen molar-refractivity contribution in [2.45, 2.75) is 77.7 Å². The van der Waals surface area contributed by atoms with Gasteiger partial charge in [0.15, 0.2) is 0 Å². The molecule has 1 saturated heterocycles. The number of carbonyl (C=O) groups is 1. The lowest BCUT2D eigenvalue weighted by Gasteiger charge is -2.11. The van der Waals surface area contributed by atoms with Gasteiger partial charge in [-0.3, -0.25) is 4.79 Å². The van der Waals surface area contributed by atoms with E-state index in [9.17, 15) is 4.79 Å². The minimum atomic E-state index is -0.0958. The third kappa shape index (κ3) is 6.35. The average Bonchev–Trinajstić information content (AvgIpc) is 3.15. The van der Waals surface area contributed by atoms with Gasteiger partial charge in [-0.25, -0.2) is 0 Å². The van der Waals surface area contributed by atoms with Gasteiger partial charge in [0, 0.05) is 6.42 Å². The predicted molar refractivity (Wildman–Crippen MR) is 123 cm³/mol. The molecule has 3 nitrogen and oxygen atoms in total. The Labute approximate surface area is 181 Å².